The SMILES string of the molecule is CCCNC(=O)c1cn2c3c(c(N4CC[NH+](C)CC4)c(F)cc3c1=O)OC[C@H]2C. The minimum atomic E-state index is -0.476. The Balaban J connectivity index is 1.91. The largest absolute Gasteiger partial charge is 0.487 e. The Bertz CT molecular complexity index is 1010. The van der Waals surface area contributed by atoms with Gasteiger partial charge in [-0.3, -0.25) is 9.59 Å². The first-order valence-corrected chi connectivity index (χ1v) is 10.3. The van der Waals surface area contributed by atoms with E-state index in [1.807, 2.05) is 23.3 Å². The third-order valence-electron chi connectivity index (χ3n) is 5.86. The van der Waals surface area contributed by atoms with E-state index in [1.165, 1.54) is 11.0 Å². The Labute approximate surface area is 169 Å². The molecule has 0 bridgehead atoms. The lowest BCUT2D eigenvalue weighted by molar-refractivity contribution is -0.880. The second-order valence-corrected chi connectivity index (χ2v) is 8.07. The van der Waals surface area contributed by atoms with E-state index < -0.39 is 17.2 Å². The van der Waals surface area contributed by atoms with Crippen LogP contribution in [-0.2, 0) is 0 Å². The quantitative estimate of drug-likeness (QED) is 0.783. The number of ether oxygens (including phenoxy) is 1. The number of amides is 1. The summed E-state index contributed by atoms with van der Waals surface area (Å²) in [6, 6.07) is 1.20. The zero-order valence-corrected chi connectivity index (χ0v) is 17.2. The van der Waals surface area contributed by atoms with Crippen LogP contribution in [0.15, 0.2) is 17.1 Å². The number of carbonyl (C=O) groups excluding carboxylic acids is 1. The average molecular weight is 403 g/mol. The van der Waals surface area contributed by atoms with Gasteiger partial charge in [0.1, 0.15) is 17.9 Å². The lowest BCUT2D eigenvalue weighted by atomic mass is 10.0. The van der Waals surface area contributed by atoms with Crippen LogP contribution in [0.4, 0.5) is 10.1 Å². The second kappa shape index (κ2) is 7.67. The molecule has 1 saturated heterocycles. The summed E-state index contributed by atoms with van der Waals surface area (Å²) < 4.78 is 23.1. The van der Waals surface area contributed by atoms with Crippen LogP contribution in [0.3, 0.4) is 0 Å². The topological polar surface area (TPSA) is 68.0 Å². The van der Waals surface area contributed by atoms with Gasteiger partial charge in [-0.05, 0) is 19.4 Å². The normalized spacial score (nSPS) is 19.3. The lowest BCUT2D eigenvalue weighted by Gasteiger charge is -2.35. The van der Waals surface area contributed by atoms with Gasteiger partial charge in [0.2, 0.25) is 5.43 Å². The first kappa shape index (κ1) is 19.7. The van der Waals surface area contributed by atoms with Crippen LogP contribution >= 0.6 is 0 Å². The standard InChI is InChI=1S/C21H27FN4O3/c1-4-5-23-21(28)15-11-26-13(2)12-29-20-17(26)14(19(15)27)10-16(22)18(20)25-8-6-24(3)7-9-25/h10-11,13H,4-9,12H2,1-3H3,(H,23,28)/p+1/t13-/m1/s1. The molecule has 0 unspecified atom stereocenters. The number of nitrogens with one attached hydrogen (secondary N) is 2. The Morgan fingerprint density at radius 2 is 2.10 bits per heavy atom. The van der Waals surface area contributed by atoms with Crippen molar-refractivity contribution in [1.82, 2.24) is 9.88 Å². The first-order chi connectivity index (χ1) is 13.9. The number of aromatic nitrogens is 1. The third-order valence-corrected chi connectivity index (χ3v) is 5.86. The third kappa shape index (κ3) is 3.35. The van der Waals surface area contributed by atoms with Gasteiger partial charge in [-0.15, -0.1) is 0 Å². The fourth-order valence-corrected chi connectivity index (χ4v) is 4.11. The van der Waals surface area contributed by atoms with E-state index in [4.69, 9.17) is 4.74 Å². The monoisotopic (exact) mass is 403 g/mol. The van der Waals surface area contributed by atoms with Crippen LogP contribution in [0.5, 0.6) is 5.75 Å². The summed E-state index contributed by atoms with van der Waals surface area (Å²) in [6.45, 7) is 8.02. The van der Waals surface area contributed by atoms with Crippen molar-refractivity contribution in [2.45, 2.75) is 26.3 Å². The average Bonchev–Trinajstić information content (AvgIpc) is 2.71. The van der Waals surface area contributed by atoms with Gasteiger partial charge < -0.3 is 24.4 Å². The van der Waals surface area contributed by atoms with Crippen molar-refractivity contribution in [3.8, 4) is 5.75 Å². The molecule has 3 heterocycles. The van der Waals surface area contributed by atoms with Gasteiger partial charge >= 0.3 is 0 Å². The van der Waals surface area contributed by atoms with Crippen LogP contribution in [0.2, 0.25) is 0 Å². The van der Waals surface area contributed by atoms with Crippen molar-refractivity contribution < 1.29 is 18.8 Å². The number of hydrogen-bond acceptors (Lipinski definition) is 4. The number of rotatable bonds is 4. The van der Waals surface area contributed by atoms with Crippen molar-refractivity contribution in [1.29, 1.82) is 0 Å². The number of halogens is 1. The molecule has 0 saturated carbocycles. The fourth-order valence-electron chi connectivity index (χ4n) is 4.11. The molecule has 2 aromatic rings. The first-order valence-electron chi connectivity index (χ1n) is 10.3. The highest BCUT2D eigenvalue weighted by Gasteiger charge is 2.31. The molecule has 29 heavy (non-hydrogen) atoms. The maximum atomic E-state index is 15.2. The molecule has 1 fully saturated rings. The molecule has 1 aromatic carbocycles. The molecule has 2 aliphatic heterocycles. The molecule has 4 rings (SSSR count). The number of piperazine rings is 1. The number of quaternary nitrogens is 1. The van der Waals surface area contributed by atoms with Crippen LogP contribution in [0.25, 0.3) is 10.9 Å². The Kier molecular flexibility index (Phi) is 5.21. The summed E-state index contributed by atoms with van der Waals surface area (Å²) in [5, 5.41) is 2.94. The van der Waals surface area contributed by atoms with E-state index in [0.29, 0.717) is 30.1 Å². The van der Waals surface area contributed by atoms with E-state index in [-0.39, 0.29) is 17.0 Å². The number of nitrogens with zero attached hydrogens (tertiary/aromatic N) is 2. The molecule has 1 amide bonds. The molecular formula is C21H28FN4O3+. The minimum Gasteiger partial charge on any atom is -0.487 e. The summed E-state index contributed by atoms with van der Waals surface area (Å²) >= 11 is 0. The number of pyridine rings is 1. The molecule has 7 nitrogen and oxygen atoms in total. The number of likely N-dealkylation sites (N-methyl/N-ethyl adjacent to an activating group) is 1. The van der Waals surface area contributed by atoms with Crippen molar-refractivity contribution in [2.75, 3.05) is 51.3 Å². The predicted molar refractivity (Wildman–Crippen MR) is 110 cm³/mol. The molecule has 2 aliphatic rings. The highest BCUT2D eigenvalue weighted by molar-refractivity contribution is 6.00. The van der Waals surface area contributed by atoms with Crippen LogP contribution in [-0.4, -0.2) is 56.9 Å². The second-order valence-electron chi connectivity index (χ2n) is 8.07. The minimum absolute atomic E-state index is 0.0426. The summed E-state index contributed by atoms with van der Waals surface area (Å²) in [5.74, 6) is -0.485. The summed E-state index contributed by atoms with van der Waals surface area (Å²) in [4.78, 5) is 29.0. The molecule has 2 N–H and O–H groups in total. The van der Waals surface area contributed by atoms with Gasteiger partial charge in [0.25, 0.3) is 5.91 Å². The highest BCUT2D eigenvalue weighted by atomic mass is 19.1. The zero-order chi connectivity index (χ0) is 20.7. The van der Waals surface area contributed by atoms with Crippen molar-refractivity contribution >= 4 is 22.5 Å². The van der Waals surface area contributed by atoms with Gasteiger partial charge in [0, 0.05) is 12.7 Å². The number of carbonyl (C=O) groups is 1. The van der Waals surface area contributed by atoms with Gasteiger partial charge in [0.15, 0.2) is 11.6 Å². The number of anilines is 1. The molecule has 8 heteroatoms. The molecule has 0 radical (unpaired) electrons. The van der Waals surface area contributed by atoms with Gasteiger partial charge in [-0.25, -0.2) is 4.39 Å². The van der Waals surface area contributed by atoms with Gasteiger partial charge in [-0.2, -0.15) is 0 Å². The number of hydrogen-bond donors (Lipinski definition) is 2. The van der Waals surface area contributed by atoms with Gasteiger partial charge in [-0.1, -0.05) is 6.92 Å². The Hall–Kier alpha value is -2.61. The lowest BCUT2D eigenvalue weighted by Crippen LogP contribution is -3.12. The summed E-state index contributed by atoms with van der Waals surface area (Å²) in [6.07, 6.45) is 2.37. The zero-order valence-electron chi connectivity index (χ0n) is 17.2. The van der Waals surface area contributed by atoms with Crippen LogP contribution < -0.4 is 25.3 Å². The molecule has 0 aliphatic carbocycles. The molecule has 0 spiro atoms. The summed E-state index contributed by atoms with van der Waals surface area (Å²) in [5.41, 5.74) is 0.578. The Morgan fingerprint density at radius 3 is 2.79 bits per heavy atom. The maximum Gasteiger partial charge on any atom is 0.256 e. The van der Waals surface area contributed by atoms with Crippen LogP contribution in [0.1, 0.15) is 36.7 Å². The van der Waals surface area contributed by atoms with Crippen molar-refractivity contribution in [2.24, 2.45) is 0 Å². The van der Waals surface area contributed by atoms with E-state index in [0.717, 1.165) is 32.6 Å². The maximum absolute atomic E-state index is 15.2. The molecule has 1 atom stereocenters. The molecular weight excluding hydrogens is 375 g/mol. The van der Waals surface area contributed by atoms with Crippen molar-refractivity contribution in [3.63, 3.8) is 0 Å². The fraction of sp³-hybridized carbons (Fsp3) is 0.524. The smallest absolute Gasteiger partial charge is 0.256 e. The van der Waals surface area contributed by atoms with Crippen molar-refractivity contribution in [3.05, 3.63) is 33.9 Å². The predicted octanol–water partition coefficient (Wildman–Crippen LogP) is 0.569. The van der Waals surface area contributed by atoms with E-state index in [2.05, 4.69) is 12.4 Å². The van der Waals surface area contributed by atoms with Crippen LogP contribution in [0, 0.1) is 5.82 Å². The number of benzene rings is 1. The molecule has 156 valence electrons. The Morgan fingerprint density at radius 1 is 1.38 bits per heavy atom. The molecule has 1 aromatic heterocycles. The van der Waals surface area contributed by atoms with E-state index >= 15 is 4.39 Å². The summed E-state index contributed by atoms with van der Waals surface area (Å²) in [7, 11) is 2.12. The van der Waals surface area contributed by atoms with E-state index in [9.17, 15) is 9.59 Å². The van der Waals surface area contributed by atoms with E-state index in [1.54, 1.807) is 6.20 Å². The van der Waals surface area contributed by atoms with Gasteiger partial charge in [0.05, 0.1) is 50.2 Å². The highest BCUT2D eigenvalue weighted by Crippen LogP contribution is 2.41.